The lowest BCUT2D eigenvalue weighted by Crippen LogP contribution is -2.54. The van der Waals surface area contributed by atoms with Crippen molar-refractivity contribution in [3.8, 4) is 0 Å². The molecular weight excluding hydrogens is 775 g/mol. The lowest BCUT2D eigenvalue weighted by molar-refractivity contribution is -0.136. The maximum absolute atomic E-state index is 15.5. The van der Waals surface area contributed by atoms with Gasteiger partial charge in [0, 0.05) is 94.7 Å². The van der Waals surface area contributed by atoms with Crippen LogP contribution in [0.25, 0.3) is 4.85 Å². The molecule has 14 nitrogen and oxygen atoms in total. The average Bonchev–Trinajstić information content (AvgIpc) is 3.68. The molecule has 16 heteroatoms. The predicted octanol–water partition coefficient (Wildman–Crippen LogP) is 4.89. The number of fused-ring (bicyclic) bond motifs is 1. The maximum Gasteiger partial charge on any atom is 0.262 e. The van der Waals surface area contributed by atoms with Crippen molar-refractivity contribution in [2.45, 2.75) is 76.5 Å². The second-order valence-corrected chi connectivity index (χ2v) is 17.5. The number of amides is 4. The van der Waals surface area contributed by atoms with Crippen LogP contribution in [0, 0.1) is 17.8 Å². The minimum Gasteiger partial charge on any atom is -0.368 e. The molecule has 6 aliphatic heterocycles. The largest absolute Gasteiger partial charge is 0.368 e. The standard InChI is InChI=1S/C43H48ClFN10O4/c1-27-22-43(26-54(27)30-3-4-35(46-2)33(44)19-30)9-13-53(14-10-43)38-24-47-28(23-48-38)25-50-11-7-29(8-12-50)51-15-17-52(18-16-51)37-21-32-31(20-34(37)45)41(58)55(42(32)59)36-5-6-39(56)49-40(36)57/h3-4,19-21,23-24,27,29,36H,5-18,22,25-26H2,1H3,(H,49,56,57)/t27-,36?/m0/s1. The van der Waals surface area contributed by atoms with Crippen LogP contribution in [0.5, 0.6) is 0 Å². The highest BCUT2D eigenvalue weighted by Crippen LogP contribution is 2.46. The number of hydrogen-bond acceptors (Lipinski definition) is 11. The van der Waals surface area contributed by atoms with Crippen LogP contribution in [0.3, 0.4) is 0 Å². The van der Waals surface area contributed by atoms with Gasteiger partial charge in [-0.2, -0.15) is 0 Å². The van der Waals surface area contributed by atoms with Crippen LogP contribution in [-0.2, 0) is 16.1 Å². The van der Waals surface area contributed by atoms with E-state index in [-0.39, 0.29) is 35.1 Å². The Morgan fingerprint density at radius 2 is 1.63 bits per heavy atom. The smallest absolute Gasteiger partial charge is 0.262 e. The third-order valence-corrected chi connectivity index (χ3v) is 13.9. The van der Waals surface area contributed by atoms with Gasteiger partial charge in [-0.1, -0.05) is 17.7 Å². The fourth-order valence-electron chi connectivity index (χ4n) is 10.3. The monoisotopic (exact) mass is 822 g/mol. The second-order valence-electron chi connectivity index (χ2n) is 17.1. The van der Waals surface area contributed by atoms with Crippen LogP contribution < -0.4 is 20.0 Å². The number of aromatic nitrogens is 2. The number of halogens is 2. The van der Waals surface area contributed by atoms with Gasteiger partial charge in [-0.3, -0.25) is 44.2 Å². The molecule has 3 aromatic rings. The molecule has 59 heavy (non-hydrogen) atoms. The summed E-state index contributed by atoms with van der Waals surface area (Å²) in [4.78, 5) is 76.3. The third kappa shape index (κ3) is 7.51. The number of benzene rings is 2. The van der Waals surface area contributed by atoms with Gasteiger partial charge in [-0.25, -0.2) is 14.2 Å². The van der Waals surface area contributed by atoms with E-state index in [4.69, 9.17) is 28.1 Å². The molecule has 4 amide bonds. The number of piperazine rings is 1. The molecule has 2 aromatic carbocycles. The van der Waals surface area contributed by atoms with Gasteiger partial charge in [0.1, 0.15) is 17.7 Å². The zero-order valence-corrected chi connectivity index (χ0v) is 34.0. The molecule has 0 bridgehead atoms. The number of piperidine rings is 3. The summed E-state index contributed by atoms with van der Waals surface area (Å²) < 4.78 is 15.5. The molecule has 6 aliphatic rings. The quantitative estimate of drug-likeness (QED) is 0.258. The SMILES string of the molecule is [C-]#[N+]c1ccc(N2CC3(CCN(c4cnc(CN5CCC(N6CCN(c7cc8c(cc7F)C(=O)N(C7CCC(=O)NC7=O)C8=O)CC6)CC5)cn4)CC3)C[C@@H]2C)cc1Cl. The van der Waals surface area contributed by atoms with E-state index < -0.39 is 35.5 Å². The zero-order valence-electron chi connectivity index (χ0n) is 33.2. The highest BCUT2D eigenvalue weighted by molar-refractivity contribution is 6.33. The van der Waals surface area contributed by atoms with Gasteiger partial charge in [-0.05, 0) is 75.1 Å². The van der Waals surface area contributed by atoms with E-state index in [1.165, 1.54) is 6.07 Å². The topological polar surface area (TPSA) is 130 Å². The molecule has 1 spiro atoms. The van der Waals surface area contributed by atoms with Crippen molar-refractivity contribution in [2.24, 2.45) is 5.41 Å². The van der Waals surface area contributed by atoms with Crippen molar-refractivity contribution in [3.05, 3.63) is 81.8 Å². The number of nitrogens with one attached hydrogen (secondary N) is 1. The van der Waals surface area contributed by atoms with E-state index in [0.717, 1.165) is 113 Å². The summed E-state index contributed by atoms with van der Waals surface area (Å²) in [6, 6.07) is 8.09. The van der Waals surface area contributed by atoms with Crippen LogP contribution in [0.15, 0.2) is 42.7 Å². The summed E-state index contributed by atoms with van der Waals surface area (Å²) in [5.41, 5.74) is 3.12. The molecular formula is C43H48ClFN10O4. The van der Waals surface area contributed by atoms with E-state index in [1.807, 2.05) is 35.5 Å². The number of rotatable bonds is 7. The van der Waals surface area contributed by atoms with Gasteiger partial charge in [0.2, 0.25) is 17.5 Å². The maximum atomic E-state index is 15.5. The van der Waals surface area contributed by atoms with Gasteiger partial charge in [0.15, 0.2) is 0 Å². The minimum absolute atomic E-state index is 0.0255. The van der Waals surface area contributed by atoms with E-state index in [0.29, 0.717) is 35.9 Å². The van der Waals surface area contributed by atoms with Crippen molar-refractivity contribution in [1.82, 2.24) is 30.0 Å². The summed E-state index contributed by atoms with van der Waals surface area (Å²) in [6.07, 6.45) is 9.30. The molecule has 0 saturated carbocycles. The Morgan fingerprint density at radius 1 is 0.898 bits per heavy atom. The Hall–Kier alpha value is -5.17. The Labute approximate surface area is 348 Å². The summed E-state index contributed by atoms with van der Waals surface area (Å²) in [5.74, 6) is -2.12. The van der Waals surface area contributed by atoms with Crippen LogP contribution in [0.2, 0.25) is 5.02 Å². The predicted molar refractivity (Wildman–Crippen MR) is 220 cm³/mol. The van der Waals surface area contributed by atoms with Crippen LogP contribution in [0.1, 0.15) is 78.3 Å². The average molecular weight is 823 g/mol. The Balaban J connectivity index is 0.730. The molecule has 2 atom stereocenters. The first kappa shape index (κ1) is 39.3. The van der Waals surface area contributed by atoms with Gasteiger partial charge in [-0.15, -0.1) is 0 Å². The summed E-state index contributed by atoms with van der Waals surface area (Å²) in [5, 5.41) is 2.70. The third-order valence-electron chi connectivity index (χ3n) is 13.6. The Bertz CT molecular complexity index is 2210. The number of imide groups is 2. The first-order valence-electron chi connectivity index (χ1n) is 20.8. The molecule has 5 fully saturated rings. The van der Waals surface area contributed by atoms with Crippen molar-refractivity contribution in [3.63, 3.8) is 0 Å². The van der Waals surface area contributed by atoms with E-state index in [1.54, 1.807) is 0 Å². The molecule has 1 aromatic heterocycles. The van der Waals surface area contributed by atoms with E-state index >= 15 is 4.39 Å². The number of carbonyl (C=O) groups excluding carboxylic acids is 4. The summed E-state index contributed by atoms with van der Waals surface area (Å²) in [6.45, 7) is 17.8. The molecule has 0 aliphatic carbocycles. The Kier molecular flexibility index (Phi) is 10.5. The fourth-order valence-corrected chi connectivity index (χ4v) is 10.5. The number of anilines is 3. The van der Waals surface area contributed by atoms with Crippen molar-refractivity contribution in [1.29, 1.82) is 0 Å². The summed E-state index contributed by atoms with van der Waals surface area (Å²) in [7, 11) is 0. The van der Waals surface area contributed by atoms with Crippen molar-refractivity contribution in [2.75, 3.05) is 73.6 Å². The number of likely N-dealkylation sites (tertiary alicyclic amines) is 1. The molecule has 9 rings (SSSR count). The molecule has 308 valence electrons. The van der Waals surface area contributed by atoms with Crippen LogP contribution in [0.4, 0.5) is 27.3 Å². The second kappa shape index (κ2) is 15.8. The van der Waals surface area contributed by atoms with Gasteiger partial charge in [0.25, 0.3) is 11.8 Å². The van der Waals surface area contributed by atoms with Crippen molar-refractivity contribution < 1.29 is 23.6 Å². The molecule has 0 radical (unpaired) electrons. The number of carbonyl (C=O) groups is 4. The van der Waals surface area contributed by atoms with E-state index in [9.17, 15) is 19.2 Å². The lowest BCUT2D eigenvalue weighted by Gasteiger charge is -2.43. The normalized spacial score (nSPS) is 24.2. The summed E-state index contributed by atoms with van der Waals surface area (Å²) >= 11 is 6.38. The zero-order chi connectivity index (χ0) is 41.0. The van der Waals surface area contributed by atoms with Crippen LogP contribution >= 0.6 is 11.6 Å². The molecule has 1 N–H and O–H groups in total. The molecule has 7 heterocycles. The highest BCUT2D eigenvalue weighted by Gasteiger charge is 2.46. The lowest BCUT2D eigenvalue weighted by atomic mass is 9.77. The van der Waals surface area contributed by atoms with Gasteiger partial charge < -0.3 is 14.7 Å². The highest BCUT2D eigenvalue weighted by atomic mass is 35.5. The first-order valence-corrected chi connectivity index (χ1v) is 21.1. The fraction of sp³-hybridized carbons (Fsp3) is 0.512. The van der Waals surface area contributed by atoms with Gasteiger partial charge in [0.05, 0.1) is 41.5 Å². The van der Waals surface area contributed by atoms with Crippen molar-refractivity contribution >= 4 is 58.1 Å². The first-order chi connectivity index (χ1) is 28.5. The van der Waals surface area contributed by atoms with E-state index in [2.05, 4.69) is 36.7 Å². The molecule has 5 saturated heterocycles. The van der Waals surface area contributed by atoms with Gasteiger partial charge >= 0.3 is 0 Å². The molecule has 1 unspecified atom stereocenters. The number of hydrogen-bond donors (Lipinski definition) is 1. The Morgan fingerprint density at radius 3 is 2.29 bits per heavy atom. The number of nitrogens with zero attached hydrogens (tertiary/aromatic N) is 9. The minimum atomic E-state index is -1.09. The van der Waals surface area contributed by atoms with Crippen LogP contribution in [-0.4, -0.2) is 125 Å².